The summed E-state index contributed by atoms with van der Waals surface area (Å²) in [6, 6.07) is 2.75. The smallest absolute Gasteiger partial charge is 0.263 e. The van der Waals surface area contributed by atoms with Crippen molar-refractivity contribution in [3.63, 3.8) is 0 Å². The van der Waals surface area contributed by atoms with Crippen molar-refractivity contribution in [3.8, 4) is 0 Å². The van der Waals surface area contributed by atoms with Gasteiger partial charge in [-0.05, 0) is 25.0 Å². The van der Waals surface area contributed by atoms with Gasteiger partial charge >= 0.3 is 0 Å². The highest BCUT2D eigenvalue weighted by Gasteiger charge is 2.36. The predicted octanol–water partition coefficient (Wildman–Crippen LogP) is 2.57. The average Bonchev–Trinajstić information content (AvgIpc) is 2.26. The van der Waals surface area contributed by atoms with Crippen LogP contribution >= 0.6 is 23.2 Å². The minimum absolute atomic E-state index is 0.00697. The van der Waals surface area contributed by atoms with Gasteiger partial charge in [0.1, 0.15) is 10.7 Å². The van der Waals surface area contributed by atoms with Gasteiger partial charge in [-0.25, -0.2) is 5.84 Å². The van der Waals surface area contributed by atoms with Crippen molar-refractivity contribution < 1.29 is 8.42 Å². The number of nitrogens with zero attached hydrogens (tertiary/aromatic N) is 2. The third-order valence-electron chi connectivity index (χ3n) is 3.47. The van der Waals surface area contributed by atoms with E-state index in [0.717, 1.165) is 19.3 Å². The monoisotopic (exact) mass is 319 g/mol. The quantitative estimate of drug-likeness (QED) is 0.807. The van der Waals surface area contributed by atoms with Crippen molar-refractivity contribution in [2.24, 2.45) is 16.2 Å². The standard InChI is InChI=1S/C11H11Cl2N3O2S/c12-7-4-9-10(5-8(7)13)19(17,18)15-11(16(9)14)6-2-1-3-6/h4-6H,1-3,14H2. The van der Waals surface area contributed by atoms with Gasteiger partial charge in [-0.15, -0.1) is 4.40 Å². The highest BCUT2D eigenvalue weighted by molar-refractivity contribution is 7.90. The van der Waals surface area contributed by atoms with E-state index in [1.165, 1.54) is 17.1 Å². The molecule has 2 N–H and O–H groups in total. The number of nitrogens with two attached hydrogens (primary N) is 1. The van der Waals surface area contributed by atoms with E-state index in [2.05, 4.69) is 4.40 Å². The second-order valence-corrected chi connectivity index (χ2v) is 7.04. The first-order chi connectivity index (χ1) is 8.90. The van der Waals surface area contributed by atoms with Crippen LogP contribution in [0.4, 0.5) is 5.69 Å². The van der Waals surface area contributed by atoms with Crippen LogP contribution in [0.1, 0.15) is 19.3 Å². The molecule has 8 heteroatoms. The molecule has 0 radical (unpaired) electrons. The summed E-state index contributed by atoms with van der Waals surface area (Å²) in [5.74, 6) is 6.46. The molecule has 1 fully saturated rings. The van der Waals surface area contributed by atoms with E-state index in [-0.39, 0.29) is 20.9 Å². The van der Waals surface area contributed by atoms with Crippen molar-refractivity contribution in [3.05, 3.63) is 22.2 Å². The number of anilines is 1. The largest absolute Gasteiger partial charge is 0.286 e. The molecule has 1 aromatic carbocycles. The minimum atomic E-state index is -3.76. The highest BCUT2D eigenvalue weighted by atomic mass is 35.5. The first-order valence-corrected chi connectivity index (χ1v) is 7.98. The van der Waals surface area contributed by atoms with Gasteiger partial charge in [-0.3, -0.25) is 5.01 Å². The van der Waals surface area contributed by atoms with Crippen molar-refractivity contribution in [2.45, 2.75) is 24.2 Å². The Labute approximate surface area is 121 Å². The third kappa shape index (κ3) is 2.03. The van der Waals surface area contributed by atoms with Crippen molar-refractivity contribution in [2.75, 3.05) is 5.01 Å². The fourth-order valence-electron chi connectivity index (χ4n) is 2.19. The number of hydrazine groups is 1. The second-order valence-electron chi connectivity index (χ2n) is 4.66. The van der Waals surface area contributed by atoms with Crippen LogP contribution in [0.5, 0.6) is 0 Å². The first kappa shape index (κ1) is 13.2. The zero-order chi connectivity index (χ0) is 13.8. The summed E-state index contributed by atoms with van der Waals surface area (Å²) in [5, 5.41) is 1.74. The van der Waals surface area contributed by atoms with E-state index in [1.807, 2.05) is 0 Å². The van der Waals surface area contributed by atoms with Crippen LogP contribution in [-0.2, 0) is 10.0 Å². The van der Waals surface area contributed by atoms with Crippen LogP contribution in [0.25, 0.3) is 0 Å². The normalized spacial score (nSPS) is 21.6. The lowest BCUT2D eigenvalue weighted by Gasteiger charge is -2.35. The fourth-order valence-corrected chi connectivity index (χ4v) is 3.85. The Morgan fingerprint density at radius 2 is 1.89 bits per heavy atom. The molecule has 102 valence electrons. The number of benzene rings is 1. The van der Waals surface area contributed by atoms with E-state index < -0.39 is 10.0 Å². The van der Waals surface area contributed by atoms with Gasteiger partial charge in [0.2, 0.25) is 0 Å². The molecule has 0 spiro atoms. The summed E-state index contributed by atoms with van der Waals surface area (Å²) >= 11 is 11.8. The molecule has 3 rings (SSSR count). The molecule has 0 saturated heterocycles. The lowest BCUT2D eigenvalue weighted by molar-refractivity contribution is 0.408. The Morgan fingerprint density at radius 1 is 1.26 bits per heavy atom. The van der Waals surface area contributed by atoms with Gasteiger partial charge in [-0.1, -0.05) is 29.6 Å². The molecule has 1 saturated carbocycles. The Hall–Kier alpha value is -0.820. The average molecular weight is 320 g/mol. The van der Waals surface area contributed by atoms with Gasteiger partial charge < -0.3 is 0 Å². The second kappa shape index (κ2) is 4.34. The van der Waals surface area contributed by atoms with Gasteiger partial charge in [-0.2, -0.15) is 8.42 Å². The molecular formula is C11H11Cl2N3O2S. The van der Waals surface area contributed by atoms with Crippen LogP contribution in [0.3, 0.4) is 0 Å². The zero-order valence-corrected chi connectivity index (χ0v) is 12.1. The van der Waals surface area contributed by atoms with Crippen molar-refractivity contribution >= 4 is 44.7 Å². The summed E-state index contributed by atoms with van der Waals surface area (Å²) in [6.07, 6.45) is 2.86. The Balaban J connectivity index is 2.19. The summed E-state index contributed by atoms with van der Waals surface area (Å²) in [4.78, 5) is -0.00697. The zero-order valence-electron chi connectivity index (χ0n) is 9.81. The molecule has 1 aliphatic carbocycles. The number of sulfonamides is 1. The first-order valence-electron chi connectivity index (χ1n) is 5.79. The van der Waals surface area contributed by atoms with E-state index in [0.29, 0.717) is 11.5 Å². The maximum Gasteiger partial charge on any atom is 0.286 e. The molecule has 19 heavy (non-hydrogen) atoms. The lowest BCUT2D eigenvalue weighted by Crippen LogP contribution is -2.46. The molecule has 1 aromatic rings. The maximum atomic E-state index is 12.2. The highest BCUT2D eigenvalue weighted by Crippen LogP contribution is 2.40. The molecular weight excluding hydrogens is 309 g/mol. The predicted molar refractivity (Wildman–Crippen MR) is 75.1 cm³/mol. The summed E-state index contributed by atoms with van der Waals surface area (Å²) in [7, 11) is -3.76. The Bertz CT molecular complexity index is 683. The van der Waals surface area contributed by atoms with E-state index in [1.54, 1.807) is 0 Å². The number of hydrogen-bond acceptors (Lipinski definition) is 4. The van der Waals surface area contributed by atoms with Crippen LogP contribution in [0, 0.1) is 5.92 Å². The van der Waals surface area contributed by atoms with Gasteiger partial charge in [0.15, 0.2) is 0 Å². The molecule has 0 aromatic heterocycles. The van der Waals surface area contributed by atoms with E-state index in [4.69, 9.17) is 29.0 Å². The fraction of sp³-hybridized carbons (Fsp3) is 0.364. The van der Waals surface area contributed by atoms with E-state index >= 15 is 0 Å². The van der Waals surface area contributed by atoms with Crippen LogP contribution < -0.4 is 10.9 Å². The Kier molecular flexibility index (Phi) is 3.01. The van der Waals surface area contributed by atoms with Gasteiger partial charge in [0, 0.05) is 5.92 Å². The summed E-state index contributed by atoms with van der Waals surface area (Å²) in [5.41, 5.74) is 0.325. The van der Waals surface area contributed by atoms with Gasteiger partial charge in [0.05, 0.1) is 15.7 Å². The summed E-state index contributed by atoms with van der Waals surface area (Å²) in [6.45, 7) is 0. The molecule has 5 nitrogen and oxygen atoms in total. The van der Waals surface area contributed by atoms with Crippen LogP contribution in [0.2, 0.25) is 10.0 Å². The maximum absolute atomic E-state index is 12.2. The number of rotatable bonds is 1. The molecule has 1 aliphatic heterocycles. The molecule has 0 unspecified atom stereocenters. The molecule has 2 aliphatic rings. The number of amidine groups is 1. The van der Waals surface area contributed by atoms with Gasteiger partial charge in [0.25, 0.3) is 10.0 Å². The molecule has 0 bridgehead atoms. The van der Waals surface area contributed by atoms with Crippen molar-refractivity contribution in [1.29, 1.82) is 0 Å². The van der Waals surface area contributed by atoms with Crippen LogP contribution in [-0.4, -0.2) is 14.3 Å². The number of halogens is 2. The van der Waals surface area contributed by atoms with Crippen LogP contribution in [0.15, 0.2) is 21.4 Å². The summed E-state index contributed by atoms with van der Waals surface area (Å²) < 4.78 is 28.1. The molecule has 1 heterocycles. The molecule has 0 atom stereocenters. The number of fused-ring (bicyclic) bond motifs is 1. The SMILES string of the molecule is NN1C(C2CCC2)=NS(=O)(=O)c2cc(Cl)c(Cl)cc21. The topological polar surface area (TPSA) is 75.8 Å². The lowest BCUT2D eigenvalue weighted by atomic mass is 9.84. The Morgan fingerprint density at radius 3 is 2.47 bits per heavy atom. The number of hydrogen-bond donors (Lipinski definition) is 1. The van der Waals surface area contributed by atoms with Crippen molar-refractivity contribution in [1.82, 2.24) is 0 Å². The minimum Gasteiger partial charge on any atom is -0.263 e. The third-order valence-corrected chi connectivity index (χ3v) is 5.50. The molecule has 0 amide bonds. The van der Waals surface area contributed by atoms with E-state index in [9.17, 15) is 8.42 Å².